The van der Waals surface area contributed by atoms with E-state index < -0.39 is 0 Å². The van der Waals surface area contributed by atoms with Gasteiger partial charge in [0.15, 0.2) is 10.8 Å². The summed E-state index contributed by atoms with van der Waals surface area (Å²) in [4.78, 5) is 19.6. The Morgan fingerprint density at radius 1 is 1.10 bits per heavy atom. The fourth-order valence-electron chi connectivity index (χ4n) is 3.87. The molecule has 1 aliphatic heterocycles. The first kappa shape index (κ1) is 18.1. The van der Waals surface area contributed by atoms with Crippen molar-refractivity contribution in [2.45, 2.75) is 31.3 Å². The van der Waals surface area contributed by atoms with Crippen LogP contribution in [0.5, 0.6) is 0 Å². The van der Waals surface area contributed by atoms with Crippen LogP contribution in [0.15, 0.2) is 53.7 Å². The van der Waals surface area contributed by atoms with Crippen molar-refractivity contribution in [1.82, 2.24) is 19.6 Å². The molecule has 6 nitrogen and oxygen atoms in total. The van der Waals surface area contributed by atoms with Gasteiger partial charge in [-0.1, -0.05) is 55.9 Å². The molecule has 0 radical (unpaired) electrons. The summed E-state index contributed by atoms with van der Waals surface area (Å²) >= 11 is 1.42. The molecule has 4 aromatic rings. The second-order valence-corrected chi connectivity index (χ2v) is 8.44. The Bertz CT molecular complexity index is 1230. The maximum absolute atomic E-state index is 12.9. The standard InChI is InChI=1S/C22H21N5OS/c1-14(2)20-23-17-9-5-4-8-16(17)21-24-25-22(27(20)21)29-13-19(28)26-12-11-15-7-3-6-10-18(15)26/h3-10,14H,11-13H2,1-2H3. The van der Waals surface area contributed by atoms with Gasteiger partial charge >= 0.3 is 0 Å². The molecule has 0 saturated heterocycles. The third-order valence-corrected chi connectivity index (χ3v) is 6.19. The van der Waals surface area contributed by atoms with Gasteiger partial charge in [-0.15, -0.1) is 10.2 Å². The van der Waals surface area contributed by atoms with E-state index in [4.69, 9.17) is 4.98 Å². The van der Waals surface area contributed by atoms with Gasteiger partial charge < -0.3 is 4.90 Å². The van der Waals surface area contributed by atoms with Crippen molar-refractivity contribution >= 4 is 39.9 Å². The number of nitrogens with zero attached hydrogens (tertiary/aromatic N) is 5. The van der Waals surface area contributed by atoms with E-state index in [2.05, 4.69) is 30.1 Å². The van der Waals surface area contributed by atoms with Crippen LogP contribution in [0.1, 0.15) is 31.2 Å². The topological polar surface area (TPSA) is 63.4 Å². The fourth-order valence-corrected chi connectivity index (χ4v) is 4.68. The van der Waals surface area contributed by atoms with Crippen LogP contribution in [0.3, 0.4) is 0 Å². The molecule has 0 bridgehead atoms. The maximum atomic E-state index is 12.9. The first-order valence-corrected chi connectivity index (χ1v) is 10.8. The van der Waals surface area contributed by atoms with Crippen molar-refractivity contribution < 1.29 is 4.79 Å². The molecule has 0 atom stereocenters. The number of hydrogen-bond donors (Lipinski definition) is 0. The second-order valence-electron chi connectivity index (χ2n) is 7.50. The molecule has 1 amide bonds. The van der Waals surface area contributed by atoms with Crippen molar-refractivity contribution in [1.29, 1.82) is 0 Å². The molecule has 7 heteroatoms. The smallest absolute Gasteiger partial charge is 0.237 e. The highest BCUT2D eigenvalue weighted by Gasteiger charge is 2.25. The lowest BCUT2D eigenvalue weighted by Gasteiger charge is -2.17. The maximum Gasteiger partial charge on any atom is 0.237 e. The molecule has 29 heavy (non-hydrogen) atoms. The number of fused-ring (bicyclic) bond motifs is 4. The zero-order chi connectivity index (χ0) is 20.0. The average molecular weight is 404 g/mol. The SMILES string of the molecule is CC(C)c1nc2ccccc2c2nnc(SCC(=O)N3CCc4ccccc43)n12. The van der Waals surface area contributed by atoms with E-state index in [0.29, 0.717) is 10.9 Å². The van der Waals surface area contributed by atoms with E-state index in [1.165, 1.54) is 17.3 Å². The molecule has 1 aliphatic rings. The van der Waals surface area contributed by atoms with Crippen LogP contribution in [0, 0.1) is 0 Å². The summed E-state index contributed by atoms with van der Waals surface area (Å²) in [6.07, 6.45) is 0.911. The van der Waals surface area contributed by atoms with Crippen LogP contribution < -0.4 is 4.90 Å². The molecular formula is C22H21N5OS. The Morgan fingerprint density at radius 2 is 1.90 bits per heavy atom. The molecule has 0 fully saturated rings. The van der Waals surface area contributed by atoms with Gasteiger partial charge in [0.05, 0.1) is 11.3 Å². The highest BCUT2D eigenvalue weighted by atomic mass is 32.2. The van der Waals surface area contributed by atoms with Crippen LogP contribution in [-0.4, -0.2) is 37.8 Å². The number of anilines is 1. The molecule has 146 valence electrons. The fraction of sp³-hybridized carbons (Fsp3) is 0.273. The Labute approximate surface area is 173 Å². The Kier molecular flexibility index (Phi) is 4.47. The van der Waals surface area contributed by atoms with E-state index in [1.54, 1.807) is 0 Å². The number of aromatic nitrogens is 4. The minimum absolute atomic E-state index is 0.0940. The molecular weight excluding hydrogens is 382 g/mol. The van der Waals surface area contributed by atoms with E-state index in [-0.39, 0.29) is 11.8 Å². The summed E-state index contributed by atoms with van der Waals surface area (Å²) in [5.41, 5.74) is 3.97. The largest absolute Gasteiger partial charge is 0.311 e. The van der Waals surface area contributed by atoms with Gasteiger partial charge in [0.2, 0.25) is 5.91 Å². The lowest BCUT2D eigenvalue weighted by Crippen LogP contribution is -2.30. The monoisotopic (exact) mass is 403 g/mol. The number of hydrogen-bond acceptors (Lipinski definition) is 5. The minimum atomic E-state index is 0.0940. The Hall–Kier alpha value is -2.93. The van der Waals surface area contributed by atoms with Gasteiger partial charge in [-0.25, -0.2) is 4.98 Å². The molecule has 0 N–H and O–H groups in total. The van der Waals surface area contributed by atoms with E-state index >= 15 is 0 Å². The zero-order valence-electron chi connectivity index (χ0n) is 16.4. The van der Waals surface area contributed by atoms with E-state index in [0.717, 1.165) is 41.0 Å². The van der Waals surface area contributed by atoms with E-state index in [9.17, 15) is 4.79 Å². The van der Waals surface area contributed by atoms with Crippen LogP contribution in [0.25, 0.3) is 16.6 Å². The van der Waals surface area contributed by atoms with Gasteiger partial charge in [0.25, 0.3) is 0 Å². The Morgan fingerprint density at radius 3 is 2.76 bits per heavy atom. The van der Waals surface area contributed by atoms with Crippen molar-refractivity contribution in [3.63, 3.8) is 0 Å². The number of para-hydroxylation sites is 2. The van der Waals surface area contributed by atoms with Gasteiger partial charge in [-0.3, -0.25) is 9.20 Å². The molecule has 5 rings (SSSR count). The zero-order valence-corrected chi connectivity index (χ0v) is 17.2. The van der Waals surface area contributed by atoms with E-state index in [1.807, 2.05) is 51.8 Å². The Balaban J connectivity index is 1.47. The lowest BCUT2D eigenvalue weighted by atomic mass is 10.2. The summed E-state index contributed by atoms with van der Waals surface area (Å²) in [6, 6.07) is 16.1. The lowest BCUT2D eigenvalue weighted by molar-refractivity contribution is -0.116. The van der Waals surface area contributed by atoms with Crippen LogP contribution in [-0.2, 0) is 11.2 Å². The molecule has 0 aliphatic carbocycles. The summed E-state index contributed by atoms with van der Waals surface area (Å²) in [7, 11) is 0. The van der Waals surface area contributed by atoms with Gasteiger partial charge in [0.1, 0.15) is 5.82 Å². The predicted molar refractivity (Wildman–Crippen MR) is 116 cm³/mol. The number of thioether (sulfide) groups is 1. The quantitative estimate of drug-likeness (QED) is 0.481. The third-order valence-electron chi connectivity index (χ3n) is 5.27. The highest BCUT2D eigenvalue weighted by molar-refractivity contribution is 7.99. The van der Waals surface area contributed by atoms with Gasteiger partial charge in [-0.2, -0.15) is 0 Å². The molecule has 0 spiro atoms. The number of carbonyl (C=O) groups excluding carboxylic acids is 1. The molecule has 0 saturated carbocycles. The first-order valence-electron chi connectivity index (χ1n) is 9.78. The second kappa shape index (κ2) is 7.15. The number of amides is 1. The van der Waals surface area contributed by atoms with Crippen LogP contribution in [0.4, 0.5) is 5.69 Å². The molecule has 2 aromatic carbocycles. The molecule has 2 aromatic heterocycles. The molecule has 3 heterocycles. The number of carbonyl (C=O) groups is 1. The summed E-state index contributed by atoms with van der Waals surface area (Å²) < 4.78 is 2.00. The minimum Gasteiger partial charge on any atom is -0.311 e. The van der Waals surface area contributed by atoms with Crippen molar-refractivity contribution in [3.05, 3.63) is 59.9 Å². The van der Waals surface area contributed by atoms with Gasteiger partial charge in [-0.05, 0) is 30.2 Å². The number of benzene rings is 2. The highest BCUT2D eigenvalue weighted by Crippen LogP contribution is 2.30. The summed E-state index contributed by atoms with van der Waals surface area (Å²) in [5.74, 6) is 1.53. The summed E-state index contributed by atoms with van der Waals surface area (Å²) in [6.45, 7) is 4.96. The van der Waals surface area contributed by atoms with Gasteiger partial charge in [0, 0.05) is 23.5 Å². The number of rotatable bonds is 4. The first-order chi connectivity index (χ1) is 14.1. The van der Waals surface area contributed by atoms with Crippen molar-refractivity contribution in [3.8, 4) is 0 Å². The van der Waals surface area contributed by atoms with Crippen LogP contribution in [0.2, 0.25) is 0 Å². The van der Waals surface area contributed by atoms with Crippen molar-refractivity contribution in [2.75, 3.05) is 17.2 Å². The molecule has 0 unspecified atom stereocenters. The predicted octanol–water partition coefficient (Wildman–Crippen LogP) is 4.08. The average Bonchev–Trinajstić information content (AvgIpc) is 3.36. The summed E-state index contributed by atoms with van der Waals surface area (Å²) in [5, 5.41) is 10.5. The third kappa shape index (κ3) is 3.06. The van der Waals surface area contributed by atoms with Crippen molar-refractivity contribution in [2.24, 2.45) is 0 Å². The van der Waals surface area contributed by atoms with Crippen LogP contribution >= 0.6 is 11.8 Å². The normalized spacial score (nSPS) is 13.6.